The lowest BCUT2D eigenvalue weighted by Gasteiger charge is -2.34. The van der Waals surface area contributed by atoms with Crippen LogP contribution in [0.4, 0.5) is 5.69 Å². The van der Waals surface area contributed by atoms with Crippen LogP contribution in [0, 0.1) is 0 Å². The van der Waals surface area contributed by atoms with Gasteiger partial charge in [-0.1, -0.05) is 32.0 Å². The minimum absolute atomic E-state index is 0.0827. The number of benzene rings is 1. The first kappa shape index (κ1) is 18.0. The van der Waals surface area contributed by atoms with E-state index in [4.69, 9.17) is 5.11 Å². The molecule has 0 saturated heterocycles. The summed E-state index contributed by atoms with van der Waals surface area (Å²) in [5.74, 6) is -1.36. The molecule has 1 heterocycles. The third-order valence-electron chi connectivity index (χ3n) is 4.74. The summed E-state index contributed by atoms with van der Waals surface area (Å²) in [5.41, 5.74) is 1.04. The van der Waals surface area contributed by atoms with E-state index in [-0.39, 0.29) is 24.8 Å². The van der Waals surface area contributed by atoms with Crippen LogP contribution in [-0.2, 0) is 20.8 Å². The van der Waals surface area contributed by atoms with Crippen LogP contribution in [0.25, 0.3) is 0 Å². The summed E-state index contributed by atoms with van der Waals surface area (Å²) in [7, 11) is 0. The summed E-state index contributed by atoms with van der Waals surface area (Å²) in [5, 5.41) is 11.9. The van der Waals surface area contributed by atoms with Crippen molar-refractivity contribution >= 4 is 23.5 Å². The molecular formula is C18H24N2O4. The second-order valence-corrected chi connectivity index (χ2v) is 6.21. The number of para-hydroxylation sites is 1. The molecule has 1 aromatic rings. The number of amides is 2. The second kappa shape index (κ2) is 7.47. The fourth-order valence-corrected chi connectivity index (χ4v) is 3.16. The molecule has 0 bridgehead atoms. The summed E-state index contributed by atoms with van der Waals surface area (Å²) in [6.45, 7) is 3.62. The van der Waals surface area contributed by atoms with Gasteiger partial charge in [0.2, 0.25) is 11.8 Å². The number of hydrogen-bond donors (Lipinski definition) is 2. The summed E-state index contributed by atoms with van der Waals surface area (Å²) in [4.78, 5) is 37.3. The van der Waals surface area contributed by atoms with Crippen LogP contribution < -0.4 is 10.2 Å². The van der Waals surface area contributed by atoms with E-state index >= 15 is 0 Å². The molecule has 0 unspecified atom stereocenters. The van der Waals surface area contributed by atoms with Crippen molar-refractivity contribution in [3.8, 4) is 0 Å². The zero-order valence-corrected chi connectivity index (χ0v) is 14.2. The van der Waals surface area contributed by atoms with Gasteiger partial charge in [0.1, 0.15) is 6.54 Å². The van der Waals surface area contributed by atoms with E-state index in [1.165, 1.54) is 4.90 Å². The average molecular weight is 332 g/mol. The van der Waals surface area contributed by atoms with Crippen LogP contribution in [0.1, 0.15) is 45.1 Å². The maximum absolute atomic E-state index is 12.5. The molecule has 0 atom stereocenters. The summed E-state index contributed by atoms with van der Waals surface area (Å²) < 4.78 is 0. The van der Waals surface area contributed by atoms with Crippen molar-refractivity contribution in [3.63, 3.8) is 0 Å². The Morgan fingerprint density at radius 3 is 2.50 bits per heavy atom. The molecule has 0 spiro atoms. The van der Waals surface area contributed by atoms with E-state index in [2.05, 4.69) is 5.32 Å². The Balaban J connectivity index is 2.14. The van der Waals surface area contributed by atoms with Gasteiger partial charge in [0.25, 0.3) is 0 Å². The number of aryl methyl sites for hydroxylation is 1. The fourth-order valence-electron chi connectivity index (χ4n) is 3.16. The number of carbonyl (C=O) groups excluding carboxylic acids is 2. The van der Waals surface area contributed by atoms with Crippen molar-refractivity contribution in [2.24, 2.45) is 0 Å². The molecule has 0 radical (unpaired) electrons. The highest BCUT2D eigenvalue weighted by Gasteiger charge is 2.33. The minimum atomic E-state index is -0.946. The zero-order chi connectivity index (χ0) is 17.7. The first-order chi connectivity index (χ1) is 11.4. The Hall–Kier alpha value is -2.37. The molecule has 24 heavy (non-hydrogen) atoms. The van der Waals surface area contributed by atoms with E-state index in [1.807, 2.05) is 38.1 Å². The van der Waals surface area contributed by atoms with Gasteiger partial charge >= 0.3 is 5.97 Å². The number of carboxylic acid groups (broad SMARTS) is 1. The Morgan fingerprint density at radius 1 is 1.21 bits per heavy atom. The normalized spacial score (nSPS) is 14.2. The number of rotatable bonds is 7. The van der Waals surface area contributed by atoms with Crippen molar-refractivity contribution in [2.75, 3.05) is 11.4 Å². The molecule has 2 amide bonds. The number of aliphatic carboxylic acids is 1. The quantitative estimate of drug-likeness (QED) is 0.801. The first-order valence-corrected chi connectivity index (χ1v) is 8.32. The molecule has 0 aromatic heterocycles. The topological polar surface area (TPSA) is 86.7 Å². The maximum Gasteiger partial charge on any atom is 0.305 e. The van der Waals surface area contributed by atoms with Crippen LogP contribution in [0.15, 0.2) is 24.3 Å². The van der Waals surface area contributed by atoms with Crippen molar-refractivity contribution in [1.29, 1.82) is 0 Å². The fraction of sp³-hybridized carbons (Fsp3) is 0.500. The smallest absolute Gasteiger partial charge is 0.305 e. The van der Waals surface area contributed by atoms with Crippen LogP contribution in [0.2, 0.25) is 0 Å². The highest BCUT2D eigenvalue weighted by molar-refractivity contribution is 6.01. The standard InChI is InChI=1S/C18H24N2O4/c1-3-18(4-2,11-17(23)24)19-15(21)12-20-14-8-6-5-7-13(14)9-10-16(20)22/h5-8H,3-4,9-12H2,1-2H3,(H,19,21)(H,23,24). The lowest BCUT2D eigenvalue weighted by atomic mass is 9.89. The number of carboxylic acids is 1. The van der Waals surface area contributed by atoms with E-state index in [9.17, 15) is 14.4 Å². The van der Waals surface area contributed by atoms with E-state index < -0.39 is 11.5 Å². The highest BCUT2D eigenvalue weighted by atomic mass is 16.4. The minimum Gasteiger partial charge on any atom is -0.481 e. The number of anilines is 1. The summed E-state index contributed by atoms with van der Waals surface area (Å²) in [6, 6.07) is 7.55. The van der Waals surface area contributed by atoms with E-state index in [0.29, 0.717) is 25.7 Å². The predicted molar refractivity (Wildman–Crippen MR) is 90.8 cm³/mol. The molecule has 130 valence electrons. The largest absolute Gasteiger partial charge is 0.481 e. The number of carbonyl (C=O) groups is 3. The molecule has 0 fully saturated rings. The number of hydrogen-bond acceptors (Lipinski definition) is 3. The molecule has 1 aromatic carbocycles. The van der Waals surface area contributed by atoms with Crippen molar-refractivity contribution in [1.82, 2.24) is 5.32 Å². The van der Waals surface area contributed by atoms with Crippen molar-refractivity contribution in [3.05, 3.63) is 29.8 Å². The number of nitrogens with zero attached hydrogens (tertiary/aromatic N) is 1. The zero-order valence-electron chi connectivity index (χ0n) is 14.2. The van der Waals surface area contributed by atoms with Crippen LogP contribution in [-0.4, -0.2) is 35.0 Å². The van der Waals surface area contributed by atoms with Gasteiger partial charge in [-0.2, -0.15) is 0 Å². The molecule has 0 saturated carbocycles. The maximum atomic E-state index is 12.5. The molecule has 2 rings (SSSR count). The second-order valence-electron chi connectivity index (χ2n) is 6.21. The number of nitrogens with one attached hydrogen (secondary N) is 1. The first-order valence-electron chi connectivity index (χ1n) is 8.32. The van der Waals surface area contributed by atoms with Gasteiger partial charge in [-0.3, -0.25) is 14.4 Å². The third-order valence-corrected chi connectivity index (χ3v) is 4.74. The van der Waals surface area contributed by atoms with E-state index in [0.717, 1.165) is 11.3 Å². The average Bonchev–Trinajstić information content (AvgIpc) is 2.56. The highest BCUT2D eigenvalue weighted by Crippen LogP contribution is 2.27. The molecular weight excluding hydrogens is 308 g/mol. The summed E-state index contributed by atoms with van der Waals surface area (Å²) >= 11 is 0. The van der Waals surface area contributed by atoms with Gasteiger partial charge < -0.3 is 15.3 Å². The van der Waals surface area contributed by atoms with Gasteiger partial charge in [0, 0.05) is 12.1 Å². The third kappa shape index (κ3) is 3.93. The summed E-state index contributed by atoms with van der Waals surface area (Å²) in [6.07, 6.45) is 1.97. The van der Waals surface area contributed by atoms with Crippen LogP contribution >= 0.6 is 0 Å². The Bertz CT molecular complexity index is 638. The lowest BCUT2D eigenvalue weighted by molar-refractivity contribution is -0.139. The Kier molecular flexibility index (Phi) is 5.59. The Morgan fingerprint density at radius 2 is 1.88 bits per heavy atom. The molecule has 2 N–H and O–H groups in total. The van der Waals surface area contributed by atoms with Gasteiger partial charge in [-0.25, -0.2) is 0 Å². The molecule has 0 aliphatic carbocycles. The monoisotopic (exact) mass is 332 g/mol. The SMILES string of the molecule is CCC(CC)(CC(=O)O)NC(=O)CN1C(=O)CCc2ccccc21. The van der Waals surface area contributed by atoms with Crippen LogP contribution in [0.3, 0.4) is 0 Å². The predicted octanol–water partition coefficient (Wildman–Crippen LogP) is 2.12. The molecule has 1 aliphatic heterocycles. The van der Waals surface area contributed by atoms with Crippen molar-refractivity contribution < 1.29 is 19.5 Å². The van der Waals surface area contributed by atoms with Gasteiger partial charge in [-0.05, 0) is 30.9 Å². The van der Waals surface area contributed by atoms with Gasteiger partial charge in [-0.15, -0.1) is 0 Å². The number of fused-ring (bicyclic) bond motifs is 1. The molecule has 6 nitrogen and oxygen atoms in total. The van der Waals surface area contributed by atoms with Crippen molar-refractivity contribution in [2.45, 2.75) is 51.5 Å². The van der Waals surface area contributed by atoms with Gasteiger partial charge in [0.15, 0.2) is 0 Å². The Labute approximate surface area is 141 Å². The van der Waals surface area contributed by atoms with Gasteiger partial charge in [0.05, 0.1) is 12.0 Å². The molecule has 6 heteroatoms. The molecule has 1 aliphatic rings. The van der Waals surface area contributed by atoms with Crippen LogP contribution in [0.5, 0.6) is 0 Å². The lowest BCUT2D eigenvalue weighted by Crippen LogP contribution is -2.53. The van der Waals surface area contributed by atoms with E-state index in [1.54, 1.807) is 0 Å².